The molecule has 8 nitrogen and oxygen atoms in total. The molecule has 24 heteroatoms. The summed E-state index contributed by atoms with van der Waals surface area (Å²) in [5.41, 5.74) is -16.5. The van der Waals surface area contributed by atoms with Gasteiger partial charge in [-0.2, -0.15) is 35.1 Å². The lowest BCUT2D eigenvalue weighted by molar-refractivity contribution is 0.265. The van der Waals surface area contributed by atoms with E-state index in [1.807, 2.05) is 0 Å². The van der Waals surface area contributed by atoms with E-state index in [0.29, 0.717) is 51.4 Å². The number of rotatable bonds is 24. The Morgan fingerprint density at radius 2 is 0.443 bits per heavy atom. The Labute approximate surface area is 492 Å². The van der Waals surface area contributed by atoms with Crippen molar-refractivity contribution in [2.75, 3.05) is 26.4 Å². The number of hydrogen-bond donors (Lipinski definition) is 2. The minimum absolute atomic E-state index is 0.183. The van der Waals surface area contributed by atoms with Gasteiger partial charge in [0.1, 0.15) is 0 Å². The molecule has 8 bridgehead atoms. The molecule has 2 N–H and O–H groups in total. The number of fused-ring (bicyclic) bond motifs is 8. The van der Waals surface area contributed by atoms with E-state index in [0.717, 1.165) is 48.6 Å². The van der Waals surface area contributed by atoms with Crippen molar-refractivity contribution in [1.82, 2.24) is 19.9 Å². The number of unbranched alkanes of at least 4 members (excludes halogenated alkanes) is 8. The van der Waals surface area contributed by atoms with Gasteiger partial charge in [0.05, 0.1) is 71.5 Å². The number of aromatic nitrogens is 4. The van der Waals surface area contributed by atoms with Crippen LogP contribution in [0.1, 0.15) is 128 Å². The molecule has 2 aliphatic heterocycles. The Balaban J connectivity index is 1.48. The average Bonchev–Trinajstić information content (AvgIpc) is 1.58. The van der Waals surface area contributed by atoms with Crippen molar-refractivity contribution in [3.05, 3.63) is 140 Å². The minimum Gasteiger partial charge on any atom is -0.487 e. The lowest BCUT2D eigenvalue weighted by Gasteiger charge is -2.15. The second kappa shape index (κ2) is 27.3. The highest BCUT2D eigenvalue weighted by molar-refractivity contribution is 6.00. The van der Waals surface area contributed by atoms with Crippen LogP contribution in [0.25, 0.3) is 90.9 Å². The predicted molar refractivity (Wildman–Crippen MR) is 300 cm³/mol. The van der Waals surface area contributed by atoms with E-state index >= 15 is 70.2 Å². The van der Waals surface area contributed by atoms with E-state index < -0.39 is 232 Å². The zero-order valence-electron chi connectivity index (χ0n) is 47.5. The molecule has 2 aliphatic rings. The third kappa shape index (κ3) is 11.9. The molecule has 0 unspecified atom stereocenters. The third-order valence-corrected chi connectivity index (χ3v) is 14.6. The molecule has 0 fully saturated rings. The van der Waals surface area contributed by atoms with Crippen molar-refractivity contribution in [1.29, 1.82) is 0 Å². The van der Waals surface area contributed by atoms with Gasteiger partial charge in [-0.05, 0) is 74.3 Å². The van der Waals surface area contributed by atoms with Gasteiger partial charge in [-0.1, -0.05) is 79.1 Å². The Kier molecular flexibility index (Phi) is 19.9. The summed E-state index contributed by atoms with van der Waals surface area (Å²) in [6.45, 7) is 5.47. The third-order valence-electron chi connectivity index (χ3n) is 14.6. The molecule has 0 atom stereocenters. The Morgan fingerprint density at radius 1 is 0.261 bits per heavy atom. The maximum atomic E-state index is 16.9. The molecule has 0 saturated carbocycles. The molecule has 0 saturated heterocycles. The summed E-state index contributed by atoms with van der Waals surface area (Å²) >= 11 is 0. The van der Waals surface area contributed by atoms with E-state index in [1.54, 1.807) is 27.7 Å². The molecular formula is C64H54F16N4O4. The molecule has 3 aromatic heterocycles. The number of nitrogens with one attached hydrogen (secondary N) is 2. The van der Waals surface area contributed by atoms with Crippen molar-refractivity contribution < 1.29 is 89.2 Å². The smallest absolute Gasteiger partial charge is 0.204 e. The van der Waals surface area contributed by atoms with Crippen molar-refractivity contribution in [2.45, 2.75) is 105 Å². The summed E-state index contributed by atoms with van der Waals surface area (Å²) in [5, 5.41) is 0. The number of aromatic amines is 2. The zero-order chi connectivity index (χ0) is 63.4. The maximum Gasteiger partial charge on any atom is 0.204 e. The van der Waals surface area contributed by atoms with Crippen LogP contribution in [-0.4, -0.2) is 46.4 Å². The summed E-state index contributed by atoms with van der Waals surface area (Å²) in [6.07, 6.45) is 8.37. The van der Waals surface area contributed by atoms with Gasteiger partial charge >= 0.3 is 0 Å². The van der Waals surface area contributed by atoms with Crippen LogP contribution in [0.5, 0.6) is 23.0 Å². The number of H-pyrrole nitrogens is 2. The van der Waals surface area contributed by atoms with E-state index in [-0.39, 0.29) is 25.7 Å². The van der Waals surface area contributed by atoms with Crippen molar-refractivity contribution in [2.24, 2.45) is 0 Å². The Bertz CT molecular complexity index is 3480. The zero-order valence-corrected chi connectivity index (χ0v) is 47.5. The summed E-state index contributed by atoms with van der Waals surface area (Å²) < 4.78 is 286. The molecular weight excluding hydrogens is 1190 g/mol. The summed E-state index contributed by atoms with van der Waals surface area (Å²) in [6, 6.07) is 3.46. The summed E-state index contributed by atoms with van der Waals surface area (Å²) in [7, 11) is 0. The second-order valence-electron chi connectivity index (χ2n) is 20.6. The molecule has 5 heterocycles. The molecule has 0 spiro atoms. The molecule has 4 aromatic carbocycles. The summed E-state index contributed by atoms with van der Waals surface area (Å²) in [5.74, 6) is -40.0. The topological polar surface area (TPSA) is 94.3 Å². The fourth-order valence-corrected chi connectivity index (χ4v) is 10.2. The monoisotopic (exact) mass is 1250 g/mol. The van der Waals surface area contributed by atoms with Gasteiger partial charge in [-0.15, -0.1) is 0 Å². The Morgan fingerprint density at radius 3 is 0.614 bits per heavy atom. The highest BCUT2D eigenvalue weighted by Crippen LogP contribution is 2.47. The highest BCUT2D eigenvalue weighted by atomic mass is 19.2. The van der Waals surface area contributed by atoms with Crippen LogP contribution >= 0.6 is 0 Å². The minimum atomic E-state index is -2.16. The van der Waals surface area contributed by atoms with Crippen LogP contribution in [0, 0.1) is 93.1 Å². The van der Waals surface area contributed by atoms with Gasteiger partial charge in [0.15, 0.2) is 69.5 Å². The summed E-state index contributed by atoms with van der Waals surface area (Å²) in [4.78, 5) is 13.8. The van der Waals surface area contributed by atoms with Crippen molar-refractivity contribution in [3.63, 3.8) is 0 Å². The van der Waals surface area contributed by atoms with Crippen LogP contribution < -0.4 is 18.9 Å². The number of nitrogens with zero attached hydrogens (tertiary/aromatic N) is 2. The fraction of sp³-hybridized carbons (Fsp3) is 0.312. The number of hydrogen-bond acceptors (Lipinski definition) is 6. The largest absolute Gasteiger partial charge is 0.487 e. The Hall–Kier alpha value is -8.44. The number of benzene rings is 4. The first-order valence-electron chi connectivity index (χ1n) is 28.4. The van der Waals surface area contributed by atoms with Gasteiger partial charge in [0, 0.05) is 44.3 Å². The molecule has 0 radical (unpaired) electrons. The van der Waals surface area contributed by atoms with Crippen molar-refractivity contribution in [3.8, 4) is 67.5 Å². The fourth-order valence-electron chi connectivity index (χ4n) is 10.2. The highest BCUT2D eigenvalue weighted by Gasteiger charge is 2.36. The second-order valence-corrected chi connectivity index (χ2v) is 20.6. The van der Waals surface area contributed by atoms with E-state index in [1.165, 1.54) is 0 Å². The molecule has 0 amide bonds. The molecule has 88 heavy (non-hydrogen) atoms. The van der Waals surface area contributed by atoms with Gasteiger partial charge in [0.25, 0.3) is 0 Å². The first kappa shape index (κ1) is 64.0. The number of halogens is 16. The number of ether oxygens (including phenoxy) is 4. The van der Waals surface area contributed by atoms with Crippen LogP contribution in [0.3, 0.4) is 0 Å². The van der Waals surface area contributed by atoms with Gasteiger partial charge in [-0.25, -0.2) is 45.1 Å². The van der Waals surface area contributed by atoms with Crippen LogP contribution in [0.2, 0.25) is 0 Å². The molecule has 7 aromatic rings. The van der Waals surface area contributed by atoms with E-state index in [2.05, 4.69) is 19.9 Å². The van der Waals surface area contributed by atoms with Gasteiger partial charge in [0.2, 0.25) is 46.5 Å². The van der Waals surface area contributed by atoms with Crippen LogP contribution in [0.4, 0.5) is 70.2 Å². The average molecular weight is 1250 g/mol. The lowest BCUT2D eigenvalue weighted by atomic mass is 10.0. The SMILES string of the molecule is CCCCCOc1c(F)c(F)c(-c2c3nc(c(-c4c(F)c(F)c(OCCCCC)c(F)c4F)c4ccc([nH]4)c(-c4c(F)c(F)c(OCCCCC)c(F)c4F)c4nc(c(-c5c(F)c(F)c(OCCCCC)c(F)c5F)c5ccc2[nH]5)C=C4)C=C3)c(F)c1F. The molecule has 0 aliphatic carbocycles. The first-order chi connectivity index (χ1) is 42.2. The first-order valence-corrected chi connectivity index (χ1v) is 28.4. The van der Waals surface area contributed by atoms with Crippen molar-refractivity contribution >= 4 is 46.4 Å². The van der Waals surface area contributed by atoms with Gasteiger partial charge in [-0.3, -0.25) is 0 Å². The molecule has 466 valence electrons. The van der Waals surface area contributed by atoms with Crippen LogP contribution in [-0.2, 0) is 0 Å². The van der Waals surface area contributed by atoms with Crippen LogP contribution in [0.15, 0.2) is 24.3 Å². The van der Waals surface area contributed by atoms with E-state index in [9.17, 15) is 0 Å². The maximum absolute atomic E-state index is 16.9. The lowest BCUT2D eigenvalue weighted by Crippen LogP contribution is -2.08. The quantitative estimate of drug-likeness (QED) is 0.0356. The van der Waals surface area contributed by atoms with E-state index in [4.69, 9.17) is 18.9 Å². The molecule has 9 rings (SSSR count). The standard InChI is InChI=1S/C64H54F16N4O4/c1-5-9-13-25-85-61-53(73)45(65)41(46(66)54(61)74)37-29-17-19-31(81-29)38(42-47(67)55(75)62(56(76)48(42)68)86-26-14-10-6-2)33-21-23-35(83-33)40(44-51(71)59(79)64(60(80)52(44)72)88-28-16-12-8-4)36-24-22-34(84-36)39(32-20-18-30(37)82-32)43-49(69)57(77)63(58(78)50(43)70)87-27-15-11-7-3/h17-24,81,84H,5-16,25-28H2,1-4H3. The normalized spacial score (nSPS) is 12.0. The van der Waals surface area contributed by atoms with Gasteiger partial charge < -0.3 is 28.9 Å². The predicted octanol–water partition coefficient (Wildman–Crippen LogP) is 19.8.